The monoisotopic (exact) mass is 342 g/mol. The average Bonchev–Trinajstić information content (AvgIpc) is 3.44. The number of hydrogen-bond donors (Lipinski definition) is 2. The molecular weight excluding hydrogens is 320 g/mol. The van der Waals surface area contributed by atoms with Crippen LogP contribution < -0.4 is 0 Å². The van der Waals surface area contributed by atoms with Crippen LogP contribution in [-0.4, -0.2) is 42.3 Å². The van der Waals surface area contributed by atoms with Gasteiger partial charge in [0.25, 0.3) is 5.91 Å². The zero-order valence-electron chi connectivity index (χ0n) is 14.0. The minimum Gasteiger partial charge on any atom is -0.392 e. The Balaban J connectivity index is 1.54. The Bertz CT molecular complexity index is 784. The van der Waals surface area contributed by atoms with E-state index in [4.69, 9.17) is 0 Å². The third kappa shape index (κ3) is 3.29. The van der Waals surface area contributed by atoms with E-state index in [0.29, 0.717) is 36.0 Å². The summed E-state index contributed by atoms with van der Waals surface area (Å²) >= 11 is 0. The van der Waals surface area contributed by atoms with Crippen LogP contribution >= 0.6 is 0 Å². The first-order chi connectivity index (χ1) is 12.2. The topological polar surface area (TPSA) is 91.5 Å². The Morgan fingerprint density at radius 3 is 2.92 bits per heavy atom. The first-order valence-corrected chi connectivity index (χ1v) is 8.75. The van der Waals surface area contributed by atoms with Crippen molar-refractivity contribution >= 4 is 5.91 Å². The maximum absolute atomic E-state index is 12.8. The van der Waals surface area contributed by atoms with Crippen molar-refractivity contribution < 1.29 is 15.0 Å². The van der Waals surface area contributed by atoms with Crippen molar-refractivity contribution in [3.63, 3.8) is 0 Å². The van der Waals surface area contributed by atoms with Gasteiger partial charge in [-0.05, 0) is 48.9 Å². The molecule has 2 N–H and O–H groups in total. The van der Waals surface area contributed by atoms with Gasteiger partial charge in [0.1, 0.15) is 11.8 Å². The second-order valence-electron chi connectivity index (χ2n) is 6.85. The summed E-state index contributed by atoms with van der Waals surface area (Å²) in [6, 6.07) is 5.25. The summed E-state index contributed by atoms with van der Waals surface area (Å²) in [6.07, 6.45) is 3.97. The Morgan fingerprint density at radius 1 is 1.32 bits per heavy atom. The van der Waals surface area contributed by atoms with E-state index in [1.165, 1.54) is 0 Å². The third-order valence-corrected chi connectivity index (χ3v) is 4.92. The molecule has 4 rings (SSSR count). The van der Waals surface area contributed by atoms with Gasteiger partial charge in [0.05, 0.1) is 24.5 Å². The molecule has 132 valence electrons. The summed E-state index contributed by atoms with van der Waals surface area (Å²) < 4.78 is 1.91. The number of nitrogens with zero attached hydrogens (tertiary/aromatic N) is 4. The number of pyridine rings is 1. The summed E-state index contributed by atoms with van der Waals surface area (Å²) in [5, 5.41) is 24.1. The van der Waals surface area contributed by atoms with Gasteiger partial charge in [-0.3, -0.25) is 14.5 Å². The lowest BCUT2D eigenvalue weighted by molar-refractivity contribution is 0.0739. The zero-order chi connectivity index (χ0) is 17.4. The lowest BCUT2D eigenvalue weighted by Crippen LogP contribution is -2.31. The number of fused-ring (bicyclic) bond motifs is 1. The van der Waals surface area contributed by atoms with E-state index in [0.717, 1.165) is 31.5 Å². The van der Waals surface area contributed by atoms with E-state index in [1.54, 1.807) is 23.2 Å². The fourth-order valence-electron chi connectivity index (χ4n) is 3.31. The number of rotatable bonds is 4. The normalized spacial score (nSPS) is 18.6. The highest BCUT2D eigenvalue weighted by atomic mass is 16.3. The quantitative estimate of drug-likeness (QED) is 0.873. The molecule has 1 atom stereocenters. The van der Waals surface area contributed by atoms with Crippen molar-refractivity contribution in [1.82, 2.24) is 19.7 Å². The van der Waals surface area contributed by atoms with E-state index < -0.39 is 6.10 Å². The molecule has 2 aromatic rings. The molecule has 0 radical (unpaired) electrons. The van der Waals surface area contributed by atoms with Crippen LogP contribution in [0, 0.1) is 5.92 Å². The minimum absolute atomic E-state index is 0.113. The van der Waals surface area contributed by atoms with Crippen LogP contribution in [0.1, 0.15) is 52.8 Å². The van der Waals surface area contributed by atoms with Crippen LogP contribution in [0.15, 0.2) is 24.4 Å². The second-order valence-corrected chi connectivity index (χ2v) is 6.85. The number of aryl methyl sites for hydroxylation is 1. The van der Waals surface area contributed by atoms with Crippen molar-refractivity contribution in [3.05, 3.63) is 47.0 Å². The molecule has 0 saturated heterocycles. The largest absolute Gasteiger partial charge is 0.392 e. The van der Waals surface area contributed by atoms with Crippen LogP contribution in [-0.2, 0) is 19.7 Å². The van der Waals surface area contributed by atoms with Gasteiger partial charge in [0.2, 0.25) is 0 Å². The van der Waals surface area contributed by atoms with Gasteiger partial charge in [-0.2, -0.15) is 5.10 Å². The van der Waals surface area contributed by atoms with E-state index in [2.05, 4.69) is 10.1 Å². The van der Waals surface area contributed by atoms with Crippen molar-refractivity contribution in [3.8, 4) is 0 Å². The smallest absolute Gasteiger partial charge is 0.272 e. The molecule has 0 bridgehead atoms. The molecule has 0 unspecified atom stereocenters. The molecule has 25 heavy (non-hydrogen) atoms. The molecule has 2 aromatic heterocycles. The summed E-state index contributed by atoms with van der Waals surface area (Å²) in [5.74, 6) is 0.191. The molecule has 0 spiro atoms. The van der Waals surface area contributed by atoms with Crippen LogP contribution in [0.25, 0.3) is 0 Å². The van der Waals surface area contributed by atoms with Crippen molar-refractivity contribution in [2.45, 2.75) is 45.1 Å². The molecule has 2 aliphatic rings. The van der Waals surface area contributed by atoms with Crippen LogP contribution in [0.5, 0.6) is 0 Å². The van der Waals surface area contributed by atoms with Gasteiger partial charge in [-0.15, -0.1) is 0 Å². The fourth-order valence-corrected chi connectivity index (χ4v) is 3.31. The lowest BCUT2D eigenvalue weighted by atomic mass is 10.1. The van der Waals surface area contributed by atoms with E-state index in [9.17, 15) is 15.0 Å². The zero-order valence-corrected chi connectivity index (χ0v) is 14.0. The molecule has 1 amide bonds. The maximum atomic E-state index is 12.8. The van der Waals surface area contributed by atoms with E-state index in [-0.39, 0.29) is 12.5 Å². The molecule has 0 aromatic carbocycles. The standard InChI is InChI=1S/C18H22N4O3/c23-11-12-4-5-19-16(8-12)18(25)21-6-1-7-22-14(10-21)9-15(20-22)17(24)13-2-3-13/h4-5,8-9,13,17,23-24H,1-3,6-7,10-11H2/t17-/m0/s1. The van der Waals surface area contributed by atoms with Gasteiger partial charge < -0.3 is 15.1 Å². The summed E-state index contributed by atoms with van der Waals surface area (Å²) in [5.41, 5.74) is 2.68. The molecule has 1 aliphatic heterocycles. The number of hydrogen-bond acceptors (Lipinski definition) is 5. The van der Waals surface area contributed by atoms with E-state index >= 15 is 0 Å². The number of amides is 1. The SMILES string of the molecule is O=C(c1cc(CO)ccn1)N1CCCn2nc([C@@H](O)C3CC3)cc2C1. The number of carbonyl (C=O) groups excluding carboxylic acids is 1. The van der Waals surface area contributed by atoms with Gasteiger partial charge in [0, 0.05) is 19.3 Å². The van der Waals surface area contributed by atoms with Crippen LogP contribution in [0.3, 0.4) is 0 Å². The molecule has 1 fully saturated rings. The summed E-state index contributed by atoms with van der Waals surface area (Å²) in [4.78, 5) is 18.7. The third-order valence-electron chi connectivity index (χ3n) is 4.92. The molecule has 7 nitrogen and oxygen atoms in total. The fraction of sp³-hybridized carbons (Fsp3) is 0.500. The highest BCUT2D eigenvalue weighted by Gasteiger charge is 2.33. The molecule has 7 heteroatoms. The van der Waals surface area contributed by atoms with Crippen molar-refractivity contribution in [2.75, 3.05) is 6.54 Å². The summed E-state index contributed by atoms with van der Waals surface area (Å²) in [7, 11) is 0. The number of aliphatic hydroxyl groups excluding tert-OH is 2. The Labute approximate surface area is 145 Å². The minimum atomic E-state index is -0.494. The summed E-state index contributed by atoms with van der Waals surface area (Å²) in [6.45, 7) is 1.71. The Morgan fingerprint density at radius 2 is 2.16 bits per heavy atom. The predicted molar refractivity (Wildman–Crippen MR) is 89.4 cm³/mol. The Hall–Kier alpha value is -2.25. The van der Waals surface area contributed by atoms with Crippen molar-refractivity contribution in [1.29, 1.82) is 0 Å². The average molecular weight is 342 g/mol. The first-order valence-electron chi connectivity index (χ1n) is 8.75. The van der Waals surface area contributed by atoms with Gasteiger partial charge >= 0.3 is 0 Å². The number of aliphatic hydroxyl groups is 2. The first kappa shape index (κ1) is 16.2. The highest BCUT2D eigenvalue weighted by molar-refractivity contribution is 5.92. The molecular formula is C18H22N4O3. The van der Waals surface area contributed by atoms with E-state index in [1.807, 2.05) is 10.7 Å². The van der Waals surface area contributed by atoms with Gasteiger partial charge in [-0.25, -0.2) is 0 Å². The van der Waals surface area contributed by atoms with Gasteiger partial charge in [0.15, 0.2) is 0 Å². The number of aromatic nitrogens is 3. The molecule has 1 aliphatic carbocycles. The van der Waals surface area contributed by atoms with Crippen molar-refractivity contribution in [2.24, 2.45) is 5.92 Å². The Kier molecular flexibility index (Phi) is 4.27. The molecule has 1 saturated carbocycles. The van der Waals surface area contributed by atoms with Crippen LogP contribution in [0.4, 0.5) is 0 Å². The maximum Gasteiger partial charge on any atom is 0.272 e. The van der Waals surface area contributed by atoms with Crippen LogP contribution in [0.2, 0.25) is 0 Å². The number of carbonyl (C=O) groups is 1. The lowest BCUT2D eigenvalue weighted by Gasteiger charge is -2.19. The van der Waals surface area contributed by atoms with Gasteiger partial charge in [-0.1, -0.05) is 0 Å². The highest BCUT2D eigenvalue weighted by Crippen LogP contribution is 2.40. The predicted octanol–water partition coefficient (Wildman–Crippen LogP) is 1.26. The second kappa shape index (κ2) is 6.57. The molecule has 3 heterocycles.